The highest BCUT2D eigenvalue weighted by atomic mass is 16.5. The lowest BCUT2D eigenvalue weighted by atomic mass is 10.0. The summed E-state index contributed by atoms with van der Waals surface area (Å²) in [6.45, 7) is 0. The lowest BCUT2D eigenvalue weighted by molar-refractivity contribution is 0.0734. The number of carbonyl (C=O) groups is 2. The van der Waals surface area contributed by atoms with Gasteiger partial charge in [0, 0.05) is 10.9 Å². The summed E-state index contributed by atoms with van der Waals surface area (Å²) >= 11 is 0. The van der Waals surface area contributed by atoms with Gasteiger partial charge >= 0.3 is 5.97 Å². The van der Waals surface area contributed by atoms with Crippen LogP contribution in [0.1, 0.15) is 26.3 Å². The Morgan fingerprint density at radius 1 is 0.800 bits per heavy atom. The van der Waals surface area contributed by atoms with Gasteiger partial charge in [-0.15, -0.1) is 0 Å². The second-order valence-electron chi connectivity index (χ2n) is 8.67. The molecule has 0 saturated carbocycles. The minimum atomic E-state index is -0.533. The van der Waals surface area contributed by atoms with Gasteiger partial charge in [-0.3, -0.25) is 4.79 Å². The first-order valence-corrected chi connectivity index (χ1v) is 12.4. The molecule has 0 atom stereocenters. The number of hydrogen-bond donors (Lipinski definition) is 1. The zero-order chi connectivity index (χ0) is 27.9. The Morgan fingerprint density at radius 2 is 1.52 bits per heavy atom. The zero-order valence-corrected chi connectivity index (χ0v) is 21.8. The molecule has 1 amide bonds. The first-order chi connectivity index (χ1) is 19.6. The summed E-state index contributed by atoms with van der Waals surface area (Å²) in [6.07, 6.45) is 1.51. The van der Waals surface area contributed by atoms with Crippen LogP contribution in [0.3, 0.4) is 0 Å². The number of hydrogen-bond acceptors (Lipinski definition) is 7. The van der Waals surface area contributed by atoms with Gasteiger partial charge < -0.3 is 14.2 Å². The van der Waals surface area contributed by atoms with Gasteiger partial charge in [-0.05, 0) is 60.2 Å². The number of carbonyl (C=O) groups excluding carboxylic acids is 2. The van der Waals surface area contributed by atoms with Crippen molar-refractivity contribution in [1.29, 1.82) is 0 Å². The number of nitrogens with one attached hydrogen (secondary N) is 1. The predicted molar refractivity (Wildman–Crippen MR) is 153 cm³/mol. The zero-order valence-electron chi connectivity index (χ0n) is 21.8. The van der Waals surface area contributed by atoms with Crippen LogP contribution >= 0.6 is 0 Å². The molecule has 5 rings (SSSR count). The number of pyridine rings is 1. The Morgan fingerprint density at radius 3 is 2.27 bits per heavy atom. The molecule has 8 heteroatoms. The Kier molecular flexibility index (Phi) is 7.78. The highest BCUT2D eigenvalue weighted by Crippen LogP contribution is 2.28. The van der Waals surface area contributed by atoms with E-state index in [1.807, 2.05) is 54.6 Å². The Balaban J connectivity index is 1.27. The maximum absolute atomic E-state index is 13.1. The predicted octanol–water partition coefficient (Wildman–Crippen LogP) is 5.90. The van der Waals surface area contributed by atoms with Crippen LogP contribution in [0.4, 0.5) is 0 Å². The summed E-state index contributed by atoms with van der Waals surface area (Å²) in [5, 5.41) is 4.85. The number of hydrazone groups is 1. The van der Waals surface area contributed by atoms with Crippen molar-refractivity contribution in [2.24, 2.45) is 5.10 Å². The normalized spacial score (nSPS) is 10.8. The number of ether oxygens (including phenoxy) is 3. The van der Waals surface area contributed by atoms with E-state index < -0.39 is 5.97 Å². The number of amides is 1. The molecule has 0 bridgehead atoms. The number of methoxy groups -OCH3 is 2. The van der Waals surface area contributed by atoms with Crippen molar-refractivity contribution in [1.82, 2.24) is 10.4 Å². The molecule has 0 aliphatic carbocycles. The van der Waals surface area contributed by atoms with Crippen molar-refractivity contribution in [3.63, 3.8) is 0 Å². The highest BCUT2D eigenvalue weighted by molar-refractivity contribution is 6.07. The molecule has 0 fully saturated rings. The summed E-state index contributed by atoms with van der Waals surface area (Å²) in [5.41, 5.74) is 6.44. The van der Waals surface area contributed by atoms with E-state index in [-0.39, 0.29) is 5.91 Å². The third-order valence-corrected chi connectivity index (χ3v) is 6.12. The average molecular weight is 532 g/mol. The van der Waals surface area contributed by atoms with Crippen LogP contribution in [-0.4, -0.2) is 37.3 Å². The van der Waals surface area contributed by atoms with Crippen molar-refractivity contribution < 1.29 is 23.8 Å². The number of fused-ring (bicyclic) bond motifs is 1. The number of nitrogens with zero attached hydrogens (tertiary/aromatic N) is 2. The van der Waals surface area contributed by atoms with Gasteiger partial charge in [0.1, 0.15) is 5.75 Å². The standard InChI is InChI=1S/C32H25N3O5/c1-38-29-17-14-23(18-30(29)39-2)32(37)40-24-15-12-21(13-16-24)20-33-35-31(36)26-19-28(22-8-4-3-5-9-22)34-27-11-7-6-10-25(26)27/h3-20H,1-2H3,(H,35,36). The topological polar surface area (TPSA) is 99.1 Å². The number of rotatable bonds is 8. The molecule has 8 nitrogen and oxygen atoms in total. The molecule has 40 heavy (non-hydrogen) atoms. The van der Waals surface area contributed by atoms with Crippen LogP contribution in [0.15, 0.2) is 108 Å². The quantitative estimate of drug-likeness (QED) is 0.116. The summed E-state index contributed by atoms with van der Waals surface area (Å²) in [4.78, 5) is 30.4. The molecule has 1 heterocycles. The molecule has 0 saturated heterocycles. The van der Waals surface area contributed by atoms with E-state index in [0.29, 0.717) is 39.6 Å². The van der Waals surface area contributed by atoms with Crippen molar-refractivity contribution >= 4 is 29.0 Å². The number of benzene rings is 4. The SMILES string of the molecule is COc1ccc(C(=O)Oc2ccc(C=NNC(=O)c3cc(-c4ccccc4)nc4ccccc34)cc2)cc1OC. The molecule has 0 radical (unpaired) electrons. The average Bonchev–Trinajstić information content (AvgIpc) is 3.01. The van der Waals surface area contributed by atoms with Gasteiger partial charge in [-0.2, -0.15) is 5.10 Å². The fraction of sp³-hybridized carbons (Fsp3) is 0.0625. The molecule has 1 aromatic heterocycles. The monoisotopic (exact) mass is 531 g/mol. The van der Waals surface area contributed by atoms with Crippen molar-refractivity contribution in [2.75, 3.05) is 14.2 Å². The summed E-state index contributed by atoms with van der Waals surface area (Å²) < 4.78 is 15.9. The lowest BCUT2D eigenvalue weighted by Gasteiger charge is -2.09. The Hall–Kier alpha value is -5.50. The van der Waals surface area contributed by atoms with Gasteiger partial charge in [0.25, 0.3) is 5.91 Å². The first-order valence-electron chi connectivity index (χ1n) is 12.4. The van der Waals surface area contributed by atoms with E-state index in [4.69, 9.17) is 19.2 Å². The van der Waals surface area contributed by atoms with E-state index in [0.717, 1.165) is 16.5 Å². The number of para-hydroxylation sites is 1. The Bertz CT molecular complexity index is 1700. The molecule has 1 N–H and O–H groups in total. The molecule has 0 spiro atoms. The van der Waals surface area contributed by atoms with Crippen molar-refractivity contribution in [2.45, 2.75) is 0 Å². The van der Waals surface area contributed by atoms with Crippen LogP contribution in [-0.2, 0) is 0 Å². The second kappa shape index (κ2) is 11.9. The van der Waals surface area contributed by atoms with Gasteiger partial charge in [0.05, 0.1) is 42.8 Å². The molecular formula is C32H25N3O5. The maximum atomic E-state index is 13.1. The summed E-state index contributed by atoms with van der Waals surface area (Å²) in [7, 11) is 3.02. The van der Waals surface area contributed by atoms with Crippen molar-refractivity contribution in [3.8, 4) is 28.5 Å². The maximum Gasteiger partial charge on any atom is 0.343 e. The highest BCUT2D eigenvalue weighted by Gasteiger charge is 2.14. The Labute approximate surface area is 230 Å². The number of esters is 1. The third kappa shape index (κ3) is 5.81. The van der Waals surface area contributed by atoms with Crippen molar-refractivity contribution in [3.05, 3.63) is 120 Å². The molecule has 0 unspecified atom stereocenters. The minimum Gasteiger partial charge on any atom is -0.493 e. The fourth-order valence-corrected chi connectivity index (χ4v) is 4.10. The fourth-order valence-electron chi connectivity index (χ4n) is 4.10. The van der Waals surface area contributed by atoms with Crippen LogP contribution in [0.2, 0.25) is 0 Å². The molecule has 0 aliphatic heterocycles. The molecular weight excluding hydrogens is 506 g/mol. The van der Waals surface area contributed by atoms with E-state index in [1.165, 1.54) is 20.4 Å². The first kappa shape index (κ1) is 26.1. The minimum absolute atomic E-state index is 0.324. The number of aromatic nitrogens is 1. The molecule has 5 aromatic rings. The van der Waals surface area contributed by atoms with Gasteiger partial charge in [-0.1, -0.05) is 48.5 Å². The third-order valence-electron chi connectivity index (χ3n) is 6.12. The smallest absolute Gasteiger partial charge is 0.343 e. The van der Waals surface area contributed by atoms with E-state index in [1.54, 1.807) is 48.5 Å². The van der Waals surface area contributed by atoms with Crippen LogP contribution in [0.25, 0.3) is 22.2 Å². The van der Waals surface area contributed by atoms with Gasteiger partial charge in [-0.25, -0.2) is 15.2 Å². The molecule has 4 aromatic carbocycles. The summed E-state index contributed by atoms with van der Waals surface area (Å²) in [6, 6.07) is 30.5. The van der Waals surface area contributed by atoms with Crippen LogP contribution < -0.4 is 19.6 Å². The summed E-state index contributed by atoms with van der Waals surface area (Å²) in [5.74, 6) is 0.421. The molecule has 0 aliphatic rings. The second-order valence-corrected chi connectivity index (χ2v) is 8.67. The lowest BCUT2D eigenvalue weighted by Crippen LogP contribution is -2.18. The van der Waals surface area contributed by atoms with E-state index in [2.05, 4.69) is 10.5 Å². The van der Waals surface area contributed by atoms with Crippen LogP contribution in [0, 0.1) is 0 Å². The van der Waals surface area contributed by atoms with Crippen LogP contribution in [0.5, 0.6) is 17.2 Å². The van der Waals surface area contributed by atoms with Gasteiger partial charge in [0.2, 0.25) is 0 Å². The molecule has 198 valence electrons. The van der Waals surface area contributed by atoms with E-state index >= 15 is 0 Å². The van der Waals surface area contributed by atoms with Gasteiger partial charge in [0.15, 0.2) is 11.5 Å². The largest absolute Gasteiger partial charge is 0.493 e. The van der Waals surface area contributed by atoms with E-state index in [9.17, 15) is 9.59 Å².